The molecular formula is C18H20FN3O2. The minimum atomic E-state index is -0.844. The van der Waals surface area contributed by atoms with Crippen molar-refractivity contribution in [3.63, 3.8) is 0 Å². The number of pyridine rings is 1. The number of hydrogen-bond donors (Lipinski definition) is 1. The molecule has 24 heavy (non-hydrogen) atoms. The molecule has 0 unspecified atom stereocenters. The molecule has 2 aliphatic rings. The highest BCUT2D eigenvalue weighted by molar-refractivity contribution is 5.85. The predicted molar refractivity (Wildman–Crippen MR) is 89.8 cm³/mol. The van der Waals surface area contributed by atoms with Gasteiger partial charge in [-0.1, -0.05) is 12.1 Å². The number of hydrogen-bond acceptors (Lipinski definition) is 4. The van der Waals surface area contributed by atoms with Crippen LogP contribution in [0.5, 0.6) is 5.75 Å². The molecule has 0 aliphatic carbocycles. The first-order chi connectivity index (χ1) is 11.6. The van der Waals surface area contributed by atoms with Crippen LogP contribution in [0.1, 0.15) is 12.8 Å². The molecule has 126 valence electrons. The number of phenols is 1. The molecule has 1 aromatic heterocycles. The Balaban J connectivity index is 1.44. The molecule has 0 radical (unpaired) electrons. The number of piperidine rings is 1. The molecule has 1 N–H and O–H groups in total. The number of anilines is 1. The molecule has 4 rings (SSSR count). The number of likely N-dealkylation sites (tertiary alicyclic amines) is 1. The van der Waals surface area contributed by atoms with E-state index in [1.807, 2.05) is 18.2 Å². The van der Waals surface area contributed by atoms with Crippen LogP contribution < -0.4 is 4.90 Å². The van der Waals surface area contributed by atoms with Crippen LogP contribution in [0.25, 0.3) is 10.9 Å². The zero-order valence-corrected chi connectivity index (χ0v) is 13.4. The average molecular weight is 329 g/mol. The van der Waals surface area contributed by atoms with Crippen LogP contribution in [-0.2, 0) is 4.79 Å². The molecule has 6 heteroatoms. The highest BCUT2D eigenvalue weighted by atomic mass is 19.1. The summed E-state index contributed by atoms with van der Waals surface area (Å²) in [4.78, 5) is 20.6. The second kappa shape index (κ2) is 5.92. The summed E-state index contributed by atoms with van der Waals surface area (Å²) in [6.07, 6.45) is 0.669. The van der Waals surface area contributed by atoms with Crippen LogP contribution in [-0.4, -0.2) is 53.2 Å². The average Bonchev–Trinajstić information content (AvgIpc) is 2.59. The van der Waals surface area contributed by atoms with Gasteiger partial charge in [0.1, 0.15) is 23.3 Å². The van der Waals surface area contributed by atoms with E-state index in [9.17, 15) is 14.3 Å². The SMILES string of the molecule is O=C(C1CCN(c2ccc3cccc(O)c3n2)CC1)N1CC(F)C1. The Morgan fingerprint density at radius 1 is 1.17 bits per heavy atom. The summed E-state index contributed by atoms with van der Waals surface area (Å²) in [5, 5.41) is 10.9. The van der Waals surface area contributed by atoms with Gasteiger partial charge in [-0.15, -0.1) is 0 Å². The number of halogens is 1. The first-order valence-electron chi connectivity index (χ1n) is 8.38. The number of fused-ring (bicyclic) bond motifs is 1. The summed E-state index contributed by atoms with van der Waals surface area (Å²) in [6.45, 7) is 2.00. The Hall–Kier alpha value is -2.37. The second-order valence-electron chi connectivity index (χ2n) is 6.62. The molecule has 3 heterocycles. The zero-order chi connectivity index (χ0) is 16.7. The van der Waals surface area contributed by atoms with E-state index >= 15 is 0 Å². The third kappa shape index (κ3) is 2.66. The van der Waals surface area contributed by atoms with Gasteiger partial charge in [0, 0.05) is 24.4 Å². The van der Waals surface area contributed by atoms with Crippen LogP contribution in [0.15, 0.2) is 30.3 Å². The summed E-state index contributed by atoms with van der Waals surface area (Å²) in [5.41, 5.74) is 0.600. The Kier molecular flexibility index (Phi) is 3.75. The number of rotatable bonds is 2. The number of phenolic OH excluding ortho intramolecular Hbond substituents is 1. The number of para-hydroxylation sites is 1. The van der Waals surface area contributed by atoms with Crippen molar-refractivity contribution in [1.82, 2.24) is 9.88 Å². The fourth-order valence-corrected chi connectivity index (χ4v) is 3.52. The van der Waals surface area contributed by atoms with Gasteiger partial charge in [0.2, 0.25) is 5.91 Å². The topological polar surface area (TPSA) is 56.7 Å². The van der Waals surface area contributed by atoms with Crippen LogP contribution in [0, 0.1) is 5.92 Å². The lowest BCUT2D eigenvalue weighted by atomic mass is 9.94. The number of aromatic nitrogens is 1. The van der Waals surface area contributed by atoms with Crippen molar-refractivity contribution in [2.24, 2.45) is 5.92 Å². The number of aromatic hydroxyl groups is 1. The number of carbonyl (C=O) groups is 1. The van der Waals surface area contributed by atoms with Crippen molar-refractivity contribution in [2.75, 3.05) is 31.1 Å². The molecule has 2 fully saturated rings. The fourth-order valence-electron chi connectivity index (χ4n) is 3.52. The van der Waals surface area contributed by atoms with E-state index in [1.54, 1.807) is 17.0 Å². The van der Waals surface area contributed by atoms with Crippen LogP contribution in [0.2, 0.25) is 0 Å². The van der Waals surface area contributed by atoms with Gasteiger partial charge in [-0.25, -0.2) is 9.37 Å². The molecule has 0 spiro atoms. The van der Waals surface area contributed by atoms with Gasteiger partial charge in [-0.3, -0.25) is 4.79 Å². The summed E-state index contributed by atoms with van der Waals surface area (Å²) in [7, 11) is 0. The van der Waals surface area contributed by atoms with E-state index in [0.717, 1.165) is 37.1 Å². The Morgan fingerprint density at radius 2 is 1.92 bits per heavy atom. The third-order valence-corrected chi connectivity index (χ3v) is 5.00. The Morgan fingerprint density at radius 3 is 2.62 bits per heavy atom. The van der Waals surface area contributed by atoms with Gasteiger partial charge in [0.05, 0.1) is 13.1 Å². The third-order valence-electron chi connectivity index (χ3n) is 5.00. The summed E-state index contributed by atoms with van der Waals surface area (Å²) >= 11 is 0. The molecule has 0 bridgehead atoms. The second-order valence-corrected chi connectivity index (χ2v) is 6.62. The number of benzene rings is 1. The van der Waals surface area contributed by atoms with Gasteiger partial charge in [0.15, 0.2) is 0 Å². The monoisotopic (exact) mass is 329 g/mol. The zero-order valence-electron chi connectivity index (χ0n) is 13.4. The first-order valence-corrected chi connectivity index (χ1v) is 8.38. The van der Waals surface area contributed by atoms with E-state index in [-0.39, 0.29) is 30.7 Å². The summed E-state index contributed by atoms with van der Waals surface area (Å²) < 4.78 is 12.9. The first kappa shape index (κ1) is 15.2. The number of carbonyl (C=O) groups excluding carboxylic acids is 1. The van der Waals surface area contributed by atoms with Crippen molar-refractivity contribution in [3.8, 4) is 5.75 Å². The van der Waals surface area contributed by atoms with Crippen LogP contribution in [0.3, 0.4) is 0 Å². The number of amides is 1. The Bertz CT molecular complexity index is 768. The van der Waals surface area contributed by atoms with E-state index in [1.165, 1.54) is 0 Å². The highest BCUT2D eigenvalue weighted by Crippen LogP contribution is 2.29. The van der Waals surface area contributed by atoms with Gasteiger partial charge >= 0.3 is 0 Å². The van der Waals surface area contributed by atoms with Crippen molar-refractivity contribution in [3.05, 3.63) is 30.3 Å². The predicted octanol–water partition coefficient (Wildman–Crippen LogP) is 2.34. The Labute approximate surface area is 139 Å². The van der Waals surface area contributed by atoms with Crippen LogP contribution >= 0.6 is 0 Å². The molecule has 2 saturated heterocycles. The van der Waals surface area contributed by atoms with Gasteiger partial charge in [-0.05, 0) is 31.0 Å². The maximum Gasteiger partial charge on any atom is 0.226 e. The minimum absolute atomic E-state index is 0.0115. The number of alkyl halides is 1. The van der Waals surface area contributed by atoms with E-state index in [0.29, 0.717) is 5.52 Å². The normalized spacial score (nSPS) is 19.5. The lowest BCUT2D eigenvalue weighted by molar-refractivity contribution is -0.143. The van der Waals surface area contributed by atoms with Crippen LogP contribution in [0.4, 0.5) is 10.2 Å². The van der Waals surface area contributed by atoms with E-state index in [4.69, 9.17) is 0 Å². The standard InChI is InChI=1S/C18H20FN3O2/c19-14-10-22(11-14)18(24)13-6-8-21(9-7-13)16-5-4-12-2-1-3-15(23)17(12)20-16/h1-5,13-14,23H,6-11H2. The molecule has 0 saturated carbocycles. The lowest BCUT2D eigenvalue weighted by Crippen LogP contribution is -2.54. The molecule has 2 aliphatic heterocycles. The molecule has 1 aromatic carbocycles. The summed E-state index contributed by atoms with van der Waals surface area (Å²) in [6, 6.07) is 9.26. The van der Waals surface area contributed by atoms with Crippen molar-refractivity contribution >= 4 is 22.6 Å². The van der Waals surface area contributed by atoms with Crippen molar-refractivity contribution in [1.29, 1.82) is 0 Å². The smallest absolute Gasteiger partial charge is 0.226 e. The fraction of sp³-hybridized carbons (Fsp3) is 0.444. The highest BCUT2D eigenvalue weighted by Gasteiger charge is 2.35. The van der Waals surface area contributed by atoms with Gasteiger partial charge in [0.25, 0.3) is 0 Å². The van der Waals surface area contributed by atoms with Crippen molar-refractivity contribution in [2.45, 2.75) is 19.0 Å². The van der Waals surface area contributed by atoms with E-state index < -0.39 is 6.17 Å². The summed E-state index contributed by atoms with van der Waals surface area (Å²) in [5.74, 6) is 1.08. The van der Waals surface area contributed by atoms with E-state index in [2.05, 4.69) is 9.88 Å². The van der Waals surface area contributed by atoms with Crippen molar-refractivity contribution < 1.29 is 14.3 Å². The molecule has 1 amide bonds. The minimum Gasteiger partial charge on any atom is -0.506 e. The molecule has 5 nitrogen and oxygen atoms in total. The molecular weight excluding hydrogens is 309 g/mol. The quantitative estimate of drug-likeness (QED) is 0.919. The maximum absolute atomic E-state index is 12.9. The molecule has 2 aromatic rings. The number of nitrogens with zero attached hydrogens (tertiary/aromatic N) is 3. The van der Waals surface area contributed by atoms with Gasteiger partial charge < -0.3 is 14.9 Å². The maximum atomic E-state index is 12.9. The lowest BCUT2D eigenvalue weighted by Gasteiger charge is -2.39. The largest absolute Gasteiger partial charge is 0.506 e. The molecule has 0 atom stereocenters. The van der Waals surface area contributed by atoms with Gasteiger partial charge in [-0.2, -0.15) is 0 Å².